The number of hydrogen-bond donors (Lipinski definition) is 1. The first kappa shape index (κ1) is 14.8. The molecule has 2 unspecified atom stereocenters. The Kier molecular flexibility index (Phi) is 4.18. The summed E-state index contributed by atoms with van der Waals surface area (Å²) in [5.74, 6) is 0.112. The molecule has 5 heteroatoms. The van der Waals surface area contributed by atoms with Gasteiger partial charge in [-0.05, 0) is 20.8 Å². The minimum atomic E-state index is -0.294. The van der Waals surface area contributed by atoms with Crippen LogP contribution in [0.1, 0.15) is 27.7 Å². The van der Waals surface area contributed by atoms with Crippen molar-refractivity contribution in [1.82, 2.24) is 14.7 Å². The molecule has 1 N–H and O–H groups in total. The molecule has 2 aliphatic rings. The van der Waals surface area contributed by atoms with Gasteiger partial charge in [0.25, 0.3) is 0 Å². The van der Waals surface area contributed by atoms with E-state index in [1.807, 2.05) is 4.90 Å². The van der Waals surface area contributed by atoms with E-state index >= 15 is 0 Å². The molecule has 0 bridgehead atoms. The number of carbonyl (C=O) groups is 1. The maximum atomic E-state index is 11.7. The maximum absolute atomic E-state index is 11.7. The molecule has 0 aliphatic carbocycles. The van der Waals surface area contributed by atoms with Gasteiger partial charge in [0.2, 0.25) is 5.91 Å². The summed E-state index contributed by atoms with van der Waals surface area (Å²) in [6.07, 6.45) is 0. The molecule has 1 amide bonds. The van der Waals surface area contributed by atoms with Crippen LogP contribution < -0.4 is 0 Å². The molecule has 2 saturated heterocycles. The Hall–Kier alpha value is -0.650. The highest BCUT2D eigenvalue weighted by Crippen LogP contribution is 2.28. The van der Waals surface area contributed by atoms with Crippen molar-refractivity contribution >= 4 is 5.91 Å². The van der Waals surface area contributed by atoms with Gasteiger partial charge in [-0.1, -0.05) is 0 Å². The zero-order valence-electron chi connectivity index (χ0n) is 12.6. The Balaban J connectivity index is 2.17. The fraction of sp³-hybridized carbons (Fsp3) is 0.929. The predicted octanol–water partition coefficient (Wildman–Crippen LogP) is -0.00590. The second-order valence-corrected chi connectivity index (χ2v) is 6.49. The highest BCUT2D eigenvalue weighted by molar-refractivity contribution is 5.73. The van der Waals surface area contributed by atoms with E-state index in [1.54, 1.807) is 6.92 Å². The molecule has 2 fully saturated rings. The van der Waals surface area contributed by atoms with E-state index < -0.39 is 0 Å². The van der Waals surface area contributed by atoms with Crippen LogP contribution in [0.3, 0.4) is 0 Å². The second-order valence-electron chi connectivity index (χ2n) is 6.49. The van der Waals surface area contributed by atoms with Crippen LogP contribution in [-0.2, 0) is 4.79 Å². The SMILES string of the molecule is CC(=O)N1CC2CN(C(C)C)CCN2C(C)(CO)C1. The third-order valence-electron chi connectivity index (χ3n) is 4.69. The first-order valence-corrected chi connectivity index (χ1v) is 7.24. The van der Waals surface area contributed by atoms with Crippen LogP contribution in [0.25, 0.3) is 0 Å². The number of aliphatic hydroxyl groups is 1. The number of piperazine rings is 2. The summed E-state index contributed by atoms with van der Waals surface area (Å²) < 4.78 is 0. The topological polar surface area (TPSA) is 47.0 Å². The molecule has 110 valence electrons. The number of amides is 1. The van der Waals surface area contributed by atoms with Gasteiger partial charge in [-0.15, -0.1) is 0 Å². The van der Waals surface area contributed by atoms with Gasteiger partial charge < -0.3 is 10.0 Å². The molecule has 0 aromatic heterocycles. The van der Waals surface area contributed by atoms with Gasteiger partial charge in [0.1, 0.15) is 0 Å². The van der Waals surface area contributed by atoms with Crippen LogP contribution in [0.4, 0.5) is 0 Å². The molecule has 2 aliphatic heterocycles. The molecule has 5 nitrogen and oxygen atoms in total. The average molecular weight is 269 g/mol. The summed E-state index contributed by atoms with van der Waals surface area (Å²) in [6, 6.07) is 0.876. The number of fused-ring (bicyclic) bond motifs is 1. The van der Waals surface area contributed by atoms with Crippen molar-refractivity contribution in [3.8, 4) is 0 Å². The molecule has 0 aromatic carbocycles. The third kappa shape index (κ3) is 2.78. The van der Waals surface area contributed by atoms with Crippen LogP contribution in [-0.4, -0.2) is 82.7 Å². The molecule has 2 atom stereocenters. The Bertz CT molecular complexity index is 348. The van der Waals surface area contributed by atoms with E-state index in [0.29, 0.717) is 18.6 Å². The van der Waals surface area contributed by atoms with Crippen LogP contribution in [0, 0.1) is 0 Å². The Morgan fingerprint density at radius 1 is 1.37 bits per heavy atom. The largest absolute Gasteiger partial charge is 0.394 e. The zero-order valence-corrected chi connectivity index (χ0v) is 12.6. The molecule has 0 spiro atoms. The van der Waals surface area contributed by atoms with Gasteiger partial charge in [0, 0.05) is 51.7 Å². The van der Waals surface area contributed by atoms with Crippen molar-refractivity contribution in [2.24, 2.45) is 0 Å². The van der Waals surface area contributed by atoms with E-state index in [-0.39, 0.29) is 18.1 Å². The van der Waals surface area contributed by atoms with E-state index in [0.717, 1.165) is 26.2 Å². The molecular weight excluding hydrogens is 242 g/mol. The van der Waals surface area contributed by atoms with Crippen molar-refractivity contribution in [3.63, 3.8) is 0 Å². The van der Waals surface area contributed by atoms with Gasteiger partial charge in [0.15, 0.2) is 0 Å². The molecular formula is C14H27N3O2. The van der Waals surface area contributed by atoms with Crippen LogP contribution >= 0.6 is 0 Å². The van der Waals surface area contributed by atoms with E-state index in [9.17, 15) is 9.90 Å². The average Bonchev–Trinajstić information content (AvgIpc) is 2.37. The maximum Gasteiger partial charge on any atom is 0.219 e. The van der Waals surface area contributed by atoms with E-state index in [2.05, 4.69) is 30.6 Å². The Morgan fingerprint density at radius 2 is 2.05 bits per heavy atom. The van der Waals surface area contributed by atoms with Crippen LogP contribution in [0.15, 0.2) is 0 Å². The minimum Gasteiger partial charge on any atom is -0.394 e. The normalized spacial score (nSPS) is 33.6. The molecule has 2 heterocycles. The molecule has 0 aromatic rings. The summed E-state index contributed by atoms with van der Waals surface area (Å²) >= 11 is 0. The lowest BCUT2D eigenvalue weighted by Crippen LogP contribution is -2.72. The van der Waals surface area contributed by atoms with Gasteiger partial charge in [-0.2, -0.15) is 0 Å². The second kappa shape index (κ2) is 5.38. The van der Waals surface area contributed by atoms with Crippen molar-refractivity contribution < 1.29 is 9.90 Å². The lowest BCUT2D eigenvalue weighted by atomic mass is 9.91. The lowest BCUT2D eigenvalue weighted by molar-refractivity contribution is -0.144. The summed E-state index contributed by atoms with van der Waals surface area (Å²) in [6.45, 7) is 12.7. The molecule has 0 saturated carbocycles. The summed E-state index contributed by atoms with van der Waals surface area (Å²) in [5.41, 5.74) is -0.294. The van der Waals surface area contributed by atoms with Gasteiger partial charge in [-0.25, -0.2) is 0 Å². The van der Waals surface area contributed by atoms with Crippen molar-refractivity contribution in [2.75, 3.05) is 39.3 Å². The van der Waals surface area contributed by atoms with Gasteiger partial charge in [-0.3, -0.25) is 14.6 Å². The van der Waals surface area contributed by atoms with Crippen molar-refractivity contribution in [3.05, 3.63) is 0 Å². The van der Waals surface area contributed by atoms with E-state index in [1.165, 1.54) is 0 Å². The number of nitrogens with zero attached hydrogens (tertiary/aromatic N) is 3. The Labute approximate surface area is 116 Å². The fourth-order valence-electron chi connectivity index (χ4n) is 3.42. The zero-order chi connectivity index (χ0) is 14.2. The lowest BCUT2D eigenvalue weighted by Gasteiger charge is -2.56. The smallest absolute Gasteiger partial charge is 0.219 e. The van der Waals surface area contributed by atoms with Crippen molar-refractivity contribution in [2.45, 2.75) is 45.3 Å². The van der Waals surface area contributed by atoms with Crippen LogP contribution in [0.5, 0.6) is 0 Å². The quantitative estimate of drug-likeness (QED) is 0.766. The first-order valence-electron chi connectivity index (χ1n) is 7.24. The standard InChI is InChI=1S/C14H27N3O2/c1-11(2)15-5-6-17-13(7-15)8-16(12(3)19)9-14(17,4)10-18/h11,13,18H,5-10H2,1-4H3. The molecule has 2 rings (SSSR count). The number of hydrogen-bond acceptors (Lipinski definition) is 4. The molecule has 0 radical (unpaired) electrons. The number of aliphatic hydroxyl groups excluding tert-OH is 1. The highest BCUT2D eigenvalue weighted by atomic mass is 16.3. The summed E-state index contributed by atoms with van der Waals surface area (Å²) in [4.78, 5) is 18.5. The predicted molar refractivity (Wildman–Crippen MR) is 74.9 cm³/mol. The number of rotatable bonds is 2. The minimum absolute atomic E-state index is 0.106. The molecule has 19 heavy (non-hydrogen) atoms. The summed E-state index contributed by atoms with van der Waals surface area (Å²) in [5, 5.41) is 9.77. The van der Waals surface area contributed by atoms with Gasteiger partial charge in [0.05, 0.1) is 12.1 Å². The third-order valence-corrected chi connectivity index (χ3v) is 4.69. The van der Waals surface area contributed by atoms with E-state index in [4.69, 9.17) is 0 Å². The van der Waals surface area contributed by atoms with Crippen molar-refractivity contribution in [1.29, 1.82) is 0 Å². The van der Waals surface area contributed by atoms with Gasteiger partial charge >= 0.3 is 0 Å². The fourth-order valence-corrected chi connectivity index (χ4v) is 3.42. The highest BCUT2D eigenvalue weighted by Gasteiger charge is 2.45. The summed E-state index contributed by atoms with van der Waals surface area (Å²) in [7, 11) is 0. The first-order chi connectivity index (χ1) is 8.87. The number of carbonyl (C=O) groups excluding carboxylic acids is 1. The Morgan fingerprint density at radius 3 is 2.58 bits per heavy atom. The monoisotopic (exact) mass is 269 g/mol. The van der Waals surface area contributed by atoms with Crippen LogP contribution in [0.2, 0.25) is 0 Å².